The molecule has 1 N–H and O–H groups in total. The molecule has 0 spiro atoms. The number of likely N-dealkylation sites (N-methyl/N-ethyl adjacent to an activating group) is 1. The molecule has 0 aromatic rings. The number of carboxylic acid groups (broad SMARTS) is 1. The molecule has 0 aromatic heterocycles. The van der Waals surface area contributed by atoms with E-state index in [9.17, 15) is 14.7 Å². The van der Waals surface area contributed by atoms with Crippen molar-refractivity contribution >= 4 is 12.3 Å². The maximum atomic E-state index is 13.9. The van der Waals surface area contributed by atoms with Gasteiger partial charge in [-0.05, 0) is 81.1 Å². The number of unbranched alkanes of at least 4 members (excludes halogenated alkanes) is 1. The van der Waals surface area contributed by atoms with Crippen molar-refractivity contribution in [3.63, 3.8) is 0 Å². The monoisotopic (exact) mass is 543 g/mol. The first kappa shape index (κ1) is 29.3. The Morgan fingerprint density at radius 1 is 1.28 bits per heavy atom. The number of hydrogen-bond acceptors (Lipinski definition) is 5. The summed E-state index contributed by atoms with van der Waals surface area (Å²) in [6.07, 6.45) is 12.4. The largest absolute Gasteiger partial charge is 0.481 e. The van der Waals surface area contributed by atoms with Gasteiger partial charge in [-0.2, -0.15) is 0 Å². The van der Waals surface area contributed by atoms with Crippen molar-refractivity contribution in [2.45, 2.75) is 97.7 Å². The second-order valence-electron chi connectivity index (χ2n) is 14.3. The predicted molar refractivity (Wildman–Crippen MR) is 152 cm³/mol. The fourth-order valence-electron chi connectivity index (χ4n) is 10.8. The molecule has 4 aliphatic carbocycles. The molecule has 4 bridgehead atoms. The van der Waals surface area contributed by atoms with Gasteiger partial charge in [0.1, 0.15) is 11.7 Å². The number of carbonyl (C=O) groups excluding carboxylic acids is 1. The molecule has 220 valence electrons. The lowest BCUT2D eigenvalue weighted by Crippen LogP contribution is -2.65. The Bertz CT molecular complexity index is 964. The number of allylic oxidation sites excluding steroid dienone is 1. The summed E-state index contributed by atoms with van der Waals surface area (Å²) in [6.45, 7) is 11.4. The van der Waals surface area contributed by atoms with Crippen LogP contribution in [0.15, 0.2) is 11.6 Å². The van der Waals surface area contributed by atoms with Crippen molar-refractivity contribution in [2.75, 3.05) is 33.9 Å². The highest BCUT2D eigenvalue weighted by Gasteiger charge is 2.86. The van der Waals surface area contributed by atoms with Gasteiger partial charge in [0.05, 0.1) is 17.6 Å². The van der Waals surface area contributed by atoms with Gasteiger partial charge in [0, 0.05) is 32.2 Å². The van der Waals surface area contributed by atoms with Gasteiger partial charge in [0.25, 0.3) is 0 Å². The van der Waals surface area contributed by atoms with Gasteiger partial charge < -0.3 is 24.3 Å². The molecule has 1 aliphatic heterocycles. The molecule has 1 heterocycles. The topological polar surface area (TPSA) is 76.1 Å². The van der Waals surface area contributed by atoms with Crippen molar-refractivity contribution < 1.29 is 24.2 Å². The van der Waals surface area contributed by atoms with Gasteiger partial charge in [0.2, 0.25) is 0 Å². The molecule has 10 atom stereocenters. The number of aliphatic carboxylic acids is 1. The standard InChI is InChI=1S/C33H53NO5/c1-7-8-10-23-15-29(39-28(23)19-34(5)13-9-14-38-6)32-18-25-22(4)11-12-26(25)31(20-35)17-24(32)16-27(21(2)3)33(31,32)30(36)37/h16,20-26,28-29H,7-15,17-19H2,1-6H3,(H,36,37)/t22-,23?,24?,25-,26-,28?,29?,31?,32?,33?/m1/s1. The molecule has 4 fully saturated rings. The van der Waals surface area contributed by atoms with E-state index in [-0.39, 0.29) is 30.0 Å². The number of methoxy groups -OCH3 is 1. The highest BCUT2D eigenvalue weighted by Crippen LogP contribution is 2.84. The third kappa shape index (κ3) is 3.97. The summed E-state index contributed by atoms with van der Waals surface area (Å²) in [6, 6.07) is 0. The summed E-state index contributed by atoms with van der Waals surface area (Å²) in [5.41, 5.74) is -1.48. The van der Waals surface area contributed by atoms with Crippen LogP contribution in [0.5, 0.6) is 0 Å². The van der Waals surface area contributed by atoms with Crippen LogP contribution < -0.4 is 0 Å². The number of ether oxygens (including phenoxy) is 2. The van der Waals surface area contributed by atoms with Crippen LogP contribution in [0.25, 0.3) is 0 Å². The summed E-state index contributed by atoms with van der Waals surface area (Å²) in [5, 5.41) is 11.4. The lowest BCUT2D eigenvalue weighted by atomic mass is 9.41. The molecule has 1 saturated heterocycles. The summed E-state index contributed by atoms with van der Waals surface area (Å²) < 4.78 is 12.5. The van der Waals surface area contributed by atoms with Crippen molar-refractivity contribution in [2.24, 2.45) is 51.8 Å². The number of rotatable bonds is 13. The molecule has 6 nitrogen and oxygen atoms in total. The van der Waals surface area contributed by atoms with E-state index in [1.165, 1.54) is 6.42 Å². The number of aldehydes is 1. The second kappa shape index (κ2) is 10.9. The van der Waals surface area contributed by atoms with Gasteiger partial charge in [-0.1, -0.05) is 58.6 Å². The minimum Gasteiger partial charge on any atom is -0.481 e. The predicted octanol–water partition coefficient (Wildman–Crippen LogP) is 5.84. The maximum absolute atomic E-state index is 13.9. The van der Waals surface area contributed by atoms with Crippen LogP contribution in [0.1, 0.15) is 85.5 Å². The average Bonchev–Trinajstić information content (AvgIpc) is 3.60. The summed E-state index contributed by atoms with van der Waals surface area (Å²) in [5.74, 6) is 0.959. The average molecular weight is 544 g/mol. The second-order valence-corrected chi connectivity index (χ2v) is 14.3. The number of nitrogens with zero attached hydrogens (tertiary/aromatic N) is 1. The van der Waals surface area contributed by atoms with E-state index < -0.39 is 22.2 Å². The van der Waals surface area contributed by atoms with Crippen molar-refractivity contribution in [3.05, 3.63) is 11.6 Å². The Morgan fingerprint density at radius 3 is 2.69 bits per heavy atom. The Kier molecular flexibility index (Phi) is 8.16. The van der Waals surface area contributed by atoms with E-state index in [2.05, 4.69) is 45.7 Å². The van der Waals surface area contributed by atoms with Crippen molar-refractivity contribution in [1.29, 1.82) is 0 Å². The van der Waals surface area contributed by atoms with E-state index >= 15 is 0 Å². The molecule has 5 rings (SSSR count). The fraction of sp³-hybridized carbons (Fsp3) is 0.879. The Morgan fingerprint density at radius 2 is 2.05 bits per heavy atom. The van der Waals surface area contributed by atoms with Crippen molar-refractivity contribution in [3.8, 4) is 0 Å². The summed E-state index contributed by atoms with van der Waals surface area (Å²) in [4.78, 5) is 29.7. The quantitative estimate of drug-likeness (QED) is 0.179. The van der Waals surface area contributed by atoms with Crippen LogP contribution in [0.4, 0.5) is 0 Å². The molecular weight excluding hydrogens is 490 g/mol. The third-order valence-electron chi connectivity index (χ3n) is 12.3. The molecular formula is C33H53NO5. The first-order chi connectivity index (χ1) is 18.6. The van der Waals surface area contributed by atoms with Crippen LogP contribution in [-0.2, 0) is 19.1 Å². The molecule has 39 heavy (non-hydrogen) atoms. The number of fused-ring (bicyclic) bond motifs is 2. The SMILES string of the molecule is CCCCC1CC(C23C[C@@H]4[C@H](C)CC[C@H]4C4(C=O)CC2C=C(C(C)C)C34C(=O)O)OC1CN(C)CCCOC. The lowest BCUT2D eigenvalue weighted by molar-refractivity contribution is -0.197. The van der Waals surface area contributed by atoms with Crippen LogP contribution in [-0.4, -0.2) is 68.3 Å². The first-order valence-electron chi connectivity index (χ1n) is 15.9. The molecule has 3 saturated carbocycles. The van der Waals surface area contributed by atoms with Gasteiger partial charge >= 0.3 is 5.97 Å². The Balaban J connectivity index is 1.56. The first-order valence-corrected chi connectivity index (χ1v) is 15.9. The van der Waals surface area contributed by atoms with E-state index in [0.29, 0.717) is 24.2 Å². The van der Waals surface area contributed by atoms with E-state index in [1.54, 1.807) is 7.11 Å². The lowest BCUT2D eigenvalue weighted by Gasteiger charge is -2.60. The van der Waals surface area contributed by atoms with Crippen LogP contribution in [0.3, 0.4) is 0 Å². The Labute approximate surface area is 236 Å². The molecule has 0 radical (unpaired) electrons. The normalized spacial score (nSPS) is 44.3. The van der Waals surface area contributed by atoms with Gasteiger partial charge in [-0.3, -0.25) is 4.79 Å². The molecule has 0 aromatic carbocycles. The van der Waals surface area contributed by atoms with Gasteiger partial charge in [0.15, 0.2) is 0 Å². The summed E-state index contributed by atoms with van der Waals surface area (Å²) >= 11 is 0. The van der Waals surface area contributed by atoms with E-state index in [4.69, 9.17) is 9.47 Å². The number of carbonyl (C=O) groups is 2. The Hall–Kier alpha value is -1.24. The highest BCUT2D eigenvalue weighted by atomic mass is 16.5. The zero-order valence-corrected chi connectivity index (χ0v) is 25.3. The van der Waals surface area contributed by atoms with E-state index in [0.717, 1.165) is 76.5 Å². The summed E-state index contributed by atoms with van der Waals surface area (Å²) in [7, 11) is 3.92. The number of hydrogen-bond donors (Lipinski definition) is 1. The molecule has 7 unspecified atom stereocenters. The third-order valence-corrected chi connectivity index (χ3v) is 12.3. The highest BCUT2D eigenvalue weighted by molar-refractivity contribution is 5.90. The minimum absolute atomic E-state index is 0.0977. The molecule has 6 heteroatoms. The zero-order chi connectivity index (χ0) is 28.2. The van der Waals surface area contributed by atoms with Gasteiger partial charge in [-0.15, -0.1) is 0 Å². The fourth-order valence-corrected chi connectivity index (χ4v) is 10.8. The number of carboxylic acids is 1. The van der Waals surface area contributed by atoms with Crippen LogP contribution in [0, 0.1) is 51.8 Å². The molecule has 5 aliphatic rings. The molecule has 0 amide bonds. The van der Waals surface area contributed by atoms with E-state index in [1.807, 2.05) is 0 Å². The maximum Gasteiger partial charge on any atom is 0.315 e. The zero-order valence-electron chi connectivity index (χ0n) is 25.3. The van der Waals surface area contributed by atoms with Gasteiger partial charge in [-0.25, -0.2) is 0 Å². The van der Waals surface area contributed by atoms with Crippen LogP contribution >= 0.6 is 0 Å². The smallest absolute Gasteiger partial charge is 0.315 e. The minimum atomic E-state index is -1.15. The van der Waals surface area contributed by atoms with Crippen molar-refractivity contribution in [1.82, 2.24) is 4.90 Å². The van der Waals surface area contributed by atoms with Crippen LogP contribution in [0.2, 0.25) is 0 Å².